The molecule has 2 fully saturated rings. The number of phosphoric acid groups is 1. The van der Waals surface area contributed by atoms with Crippen molar-refractivity contribution < 1.29 is 52.7 Å². The lowest BCUT2D eigenvalue weighted by Crippen LogP contribution is -2.29. The molecule has 0 radical (unpaired) electrons. The first-order valence-corrected chi connectivity index (χ1v) is 23.5. The average molecular weight is 816 g/mol. The summed E-state index contributed by atoms with van der Waals surface area (Å²) in [5.74, 6) is -0.0263. The van der Waals surface area contributed by atoms with Crippen molar-refractivity contribution in [3.63, 3.8) is 0 Å². The fourth-order valence-corrected chi connectivity index (χ4v) is 8.03. The molecule has 0 aromatic rings. The first kappa shape index (κ1) is 50.7. The summed E-state index contributed by atoms with van der Waals surface area (Å²) in [6.45, 7) is 4.52. The molecule has 1 saturated heterocycles. The van der Waals surface area contributed by atoms with Gasteiger partial charge in [0.2, 0.25) is 0 Å². The van der Waals surface area contributed by atoms with Crippen LogP contribution in [0, 0.1) is 11.8 Å². The highest BCUT2D eigenvalue weighted by Crippen LogP contribution is 2.45. The van der Waals surface area contributed by atoms with Gasteiger partial charge in [0.25, 0.3) is 0 Å². The van der Waals surface area contributed by atoms with Crippen LogP contribution < -0.4 is 5.73 Å². The van der Waals surface area contributed by atoms with Crippen LogP contribution >= 0.6 is 7.82 Å². The zero-order chi connectivity index (χ0) is 40.5. The van der Waals surface area contributed by atoms with Gasteiger partial charge in [-0.15, -0.1) is 0 Å². The third kappa shape index (κ3) is 24.5. The van der Waals surface area contributed by atoms with Gasteiger partial charge >= 0.3 is 13.8 Å². The topological polar surface area (TPSA) is 165 Å². The van der Waals surface area contributed by atoms with E-state index in [1.54, 1.807) is 0 Å². The van der Waals surface area contributed by atoms with E-state index >= 15 is 0 Å². The normalized spacial score (nSPS) is 21.8. The van der Waals surface area contributed by atoms with Gasteiger partial charge < -0.3 is 20.1 Å². The molecule has 7 atom stereocenters. The molecule has 1 aliphatic heterocycles. The van der Waals surface area contributed by atoms with Gasteiger partial charge in [-0.25, -0.2) is 19.2 Å². The van der Waals surface area contributed by atoms with Crippen molar-refractivity contribution >= 4 is 13.8 Å². The fourth-order valence-electron chi connectivity index (χ4n) is 7.27. The lowest BCUT2D eigenvalue weighted by atomic mass is 9.89. The summed E-state index contributed by atoms with van der Waals surface area (Å²) < 4.78 is 33.5. The maximum absolute atomic E-state index is 12.7. The van der Waals surface area contributed by atoms with Crippen molar-refractivity contribution in [2.45, 2.75) is 186 Å². The number of phosphoric ester groups is 1. The number of ether oxygens (including phenoxy) is 2. The Balaban J connectivity index is 1.64. The molecule has 1 heterocycles. The van der Waals surface area contributed by atoms with Gasteiger partial charge in [-0.1, -0.05) is 147 Å². The molecular formula is C43H78NO11P. The van der Waals surface area contributed by atoms with E-state index in [0.717, 1.165) is 32.1 Å². The van der Waals surface area contributed by atoms with Crippen LogP contribution in [0.15, 0.2) is 36.5 Å². The summed E-state index contributed by atoms with van der Waals surface area (Å²) in [4.78, 5) is 38.3. The molecule has 0 aromatic carbocycles. The third-order valence-electron chi connectivity index (χ3n) is 10.5. The summed E-state index contributed by atoms with van der Waals surface area (Å²) in [6.07, 6.45) is 36.3. The standard InChI is InChI=1S/C43H78NO11P/c1-3-5-7-8-9-10-11-12-13-14-15-16-17-18-21-25-32-49-35-38(36-51-56(47,48)50-33-31-44)52-43(45)28-24-20-19-23-27-39-40(42-34-41(39)54-55-42)30-29-37(53-46)26-22-6-4-2/h6,19,22-23,29-30,37-42,46H,3-5,7-18,20-21,24-28,31-36,44H2,1-2H3,(H,47,48)/b22-6-,23-19-,30-29+. The molecule has 2 bridgehead atoms. The van der Waals surface area contributed by atoms with Gasteiger partial charge in [0, 0.05) is 37.8 Å². The molecule has 1 saturated carbocycles. The third-order valence-corrected chi connectivity index (χ3v) is 11.5. The Morgan fingerprint density at radius 3 is 2.07 bits per heavy atom. The number of allylic oxidation sites excluding steroid dienone is 3. The minimum Gasteiger partial charge on any atom is -0.457 e. The highest BCUT2D eigenvalue weighted by Gasteiger charge is 2.49. The number of fused-ring (bicyclic) bond motifs is 2. The number of nitrogens with two attached hydrogens (primary N) is 1. The van der Waals surface area contributed by atoms with Crippen molar-refractivity contribution in [1.29, 1.82) is 0 Å². The zero-order valence-electron chi connectivity index (χ0n) is 34.8. The van der Waals surface area contributed by atoms with Crippen LogP contribution in [0.4, 0.5) is 0 Å². The number of rotatable bonds is 38. The van der Waals surface area contributed by atoms with Gasteiger partial charge in [-0.3, -0.25) is 19.1 Å². The van der Waals surface area contributed by atoms with Crippen molar-refractivity contribution in [2.24, 2.45) is 17.6 Å². The highest BCUT2D eigenvalue weighted by molar-refractivity contribution is 7.47. The fraction of sp³-hybridized carbons (Fsp3) is 0.837. The number of hydrogen-bond donors (Lipinski definition) is 3. The van der Waals surface area contributed by atoms with Crippen molar-refractivity contribution in [2.75, 3.05) is 33.0 Å². The molecule has 0 aromatic heterocycles. The number of hydrogen-bond acceptors (Lipinski definition) is 11. The van der Waals surface area contributed by atoms with E-state index in [0.29, 0.717) is 25.9 Å². The van der Waals surface area contributed by atoms with Crippen LogP contribution in [0.25, 0.3) is 0 Å². The molecule has 7 unspecified atom stereocenters. The number of unbranched alkanes of at least 4 members (excludes halogenated alkanes) is 16. The summed E-state index contributed by atoms with van der Waals surface area (Å²) >= 11 is 0. The molecule has 0 spiro atoms. The summed E-state index contributed by atoms with van der Waals surface area (Å²) in [5, 5.41) is 9.30. The summed E-state index contributed by atoms with van der Waals surface area (Å²) in [5.41, 5.74) is 5.38. The van der Waals surface area contributed by atoms with Crippen LogP contribution in [0.3, 0.4) is 0 Å². The van der Waals surface area contributed by atoms with Crippen LogP contribution in [0.1, 0.15) is 162 Å². The van der Waals surface area contributed by atoms with E-state index < -0.39 is 26.0 Å². The molecule has 13 heteroatoms. The molecule has 0 amide bonds. The second-order valence-electron chi connectivity index (χ2n) is 15.4. The molecule has 2 rings (SSSR count). The molecule has 12 nitrogen and oxygen atoms in total. The van der Waals surface area contributed by atoms with Gasteiger partial charge in [0.15, 0.2) is 0 Å². The summed E-state index contributed by atoms with van der Waals surface area (Å²) in [7, 11) is -4.33. The second-order valence-corrected chi connectivity index (χ2v) is 16.8. The van der Waals surface area contributed by atoms with Crippen molar-refractivity contribution in [1.82, 2.24) is 0 Å². The van der Waals surface area contributed by atoms with E-state index in [4.69, 9.17) is 34.0 Å². The Hall–Kier alpha value is -1.44. The number of carbonyl (C=O) groups is 1. The average Bonchev–Trinajstić information content (AvgIpc) is 3.80. The maximum Gasteiger partial charge on any atom is 0.472 e. The van der Waals surface area contributed by atoms with Crippen molar-refractivity contribution in [3.05, 3.63) is 36.5 Å². The van der Waals surface area contributed by atoms with Crippen LogP contribution in [-0.4, -0.2) is 73.5 Å². The second kappa shape index (κ2) is 33.4. The predicted octanol–water partition coefficient (Wildman–Crippen LogP) is 10.5. The Labute approximate surface area is 338 Å². The first-order valence-electron chi connectivity index (χ1n) is 22.0. The monoisotopic (exact) mass is 816 g/mol. The SMILES string of the molecule is CC/C=C\CC(/C=C/C1C2CC(OO2)C1C/C=C\CCCC(=O)OC(COCCCCCCCCCCCCCCCCCC)COP(=O)(O)OCCN)OO. The molecular weight excluding hydrogens is 737 g/mol. The smallest absolute Gasteiger partial charge is 0.457 e. The molecule has 56 heavy (non-hydrogen) atoms. The quantitative estimate of drug-likeness (QED) is 0.0135. The number of carbonyl (C=O) groups excluding carboxylic acids is 1. The Kier molecular flexibility index (Phi) is 30.2. The minimum absolute atomic E-state index is 0.0168. The lowest BCUT2D eigenvalue weighted by Gasteiger charge is -2.27. The van der Waals surface area contributed by atoms with E-state index in [9.17, 15) is 19.5 Å². The van der Waals surface area contributed by atoms with E-state index in [1.807, 2.05) is 18.2 Å². The number of esters is 1. The van der Waals surface area contributed by atoms with Gasteiger partial charge in [0.05, 0.1) is 25.9 Å². The molecule has 1 aliphatic carbocycles. The van der Waals surface area contributed by atoms with Crippen molar-refractivity contribution in [3.8, 4) is 0 Å². The van der Waals surface area contributed by atoms with Crippen LogP contribution in [0.5, 0.6) is 0 Å². The first-order chi connectivity index (χ1) is 27.3. The summed E-state index contributed by atoms with van der Waals surface area (Å²) in [6, 6.07) is 0. The molecule has 2 aliphatic rings. The predicted molar refractivity (Wildman–Crippen MR) is 221 cm³/mol. The van der Waals surface area contributed by atoms with Crippen LogP contribution in [-0.2, 0) is 42.5 Å². The highest BCUT2D eigenvalue weighted by atomic mass is 31.2. The van der Waals surface area contributed by atoms with Crippen LogP contribution in [0.2, 0.25) is 0 Å². The van der Waals surface area contributed by atoms with Gasteiger partial charge in [0.1, 0.15) is 18.3 Å². The Morgan fingerprint density at radius 2 is 1.45 bits per heavy atom. The van der Waals surface area contributed by atoms with E-state index in [-0.39, 0.29) is 56.8 Å². The molecule has 4 N–H and O–H groups in total. The maximum atomic E-state index is 12.7. The van der Waals surface area contributed by atoms with Gasteiger partial charge in [-0.05, 0) is 38.5 Å². The zero-order valence-corrected chi connectivity index (χ0v) is 35.7. The Bertz CT molecular complexity index is 1110. The van der Waals surface area contributed by atoms with Gasteiger partial charge in [-0.2, -0.15) is 0 Å². The lowest BCUT2D eigenvalue weighted by molar-refractivity contribution is -0.336. The van der Waals surface area contributed by atoms with E-state index in [1.165, 1.54) is 89.9 Å². The Morgan fingerprint density at radius 1 is 0.804 bits per heavy atom. The minimum atomic E-state index is -4.33. The largest absolute Gasteiger partial charge is 0.472 e. The molecule has 326 valence electrons. The van der Waals surface area contributed by atoms with E-state index in [2.05, 4.69) is 37.0 Å².